The van der Waals surface area contributed by atoms with E-state index in [2.05, 4.69) is 56.7 Å². The van der Waals surface area contributed by atoms with E-state index in [-0.39, 0.29) is 24.9 Å². The van der Waals surface area contributed by atoms with Crippen LogP contribution in [-0.2, 0) is 14.4 Å². The second-order valence-corrected chi connectivity index (χ2v) is 9.02. The number of carbonyl (C=O) groups is 1. The smallest absolute Gasteiger partial charge is 0.329 e. The normalized spacial score (nSPS) is 26.2. The van der Waals surface area contributed by atoms with Crippen molar-refractivity contribution < 1.29 is 19.5 Å². The summed E-state index contributed by atoms with van der Waals surface area (Å²) in [5, 5.41) is 15.5. The fourth-order valence-corrected chi connectivity index (χ4v) is 4.46. The van der Waals surface area contributed by atoms with Crippen LogP contribution in [0.4, 0.5) is 0 Å². The van der Waals surface area contributed by atoms with Crippen LogP contribution in [0.2, 0.25) is 0 Å². The first kappa shape index (κ1) is 23.1. The molecule has 2 atom stereocenters. The van der Waals surface area contributed by atoms with Gasteiger partial charge in [-0.25, -0.2) is 4.79 Å². The number of ether oxygens (including phenoxy) is 1. The monoisotopic (exact) mass is 445 g/mol. The Kier molecular flexibility index (Phi) is 8.10. The Labute approximate surface area is 189 Å². The van der Waals surface area contributed by atoms with Gasteiger partial charge in [0.05, 0.1) is 24.5 Å². The minimum absolute atomic E-state index is 0.0519. The van der Waals surface area contributed by atoms with Crippen molar-refractivity contribution in [2.24, 2.45) is 5.10 Å². The number of aliphatic carboxylic acids is 1. The van der Waals surface area contributed by atoms with Gasteiger partial charge in [0, 0.05) is 45.8 Å². The lowest BCUT2D eigenvalue weighted by atomic mass is 10.0. The van der Waals surface area contributed by atoms with Crippen LogP contribution in [0, 0.1) is 0 Å². The molecule has 0 amide bonds. The molecule has 3 saturated heterocycles. The highest BCUT2D eigenvalue weighted by atomic mass is 16.7. The number of hydrogen-bond acceptors (Lipinski definition) is 8. The molecule has 4 rings (SSSR count). The predicted molar refractivity (Wildman–Crippen MR) is 122 cm³/mol. The molecule has 2 unspecified atom stereocenters. The Morgan fingerprint density at radius 3 is 2.59 bits per heavy atom. The topological polar surface area (TPSA) is 89.9 Å². The number of carboxylic acids is 1. The maximum Gasteiger partial charge on any atom is 0.329 e. The van der Waals surface area contributed by atoms with Crippen molar-refractivity contribution in [2.75, 3.05) is 59.5 Å². The van der Waals surface area contributed by atoms with Gasteiger partial charge in [0.2, 0.25) is 0 Å². The first-order chi connectivity index (χ1) is 15.5. The number of hydrogen-bond donors (Lipinski definition) is 2. The summed E-state index contributed by atoms with van der Waals surface area (Å²) >= 11 is 0. The number of nitrogens with zero attached hydrogens (tertiary/aromatic N) is 4. The number of rotatable bonds is 8. The number of piperazine rings is 1. The van der Waals surface area contributed by atoms with Crippen LogP contribution in [0.1, 0.15) is 36.4 Å². The van der Waals surface area contributed by atoms with E-state index in [9.17, 15) is 4.79 Å². The quantitative estimate of drug-likeness (QED) is 0.577. The van der Waals surface area contributed by atoms with Crippen molar-refractivity contribution in [2.45, 2.75) is 37.5 Å². The van der Waals surface area contributed by atoms with Gasteiger partial charge in [-0.2, -0.15) is 10.6 Å². The van der Waals surface area contributed by atoms with Crippen LogP contribution >= 0.6 is 0 Å². The molecule has 9 heteroatoms. The van der Waals surface area contributed by atoms with Gasteiger partial charge in [0.25, 0.3) is 0 Å². The molecular formula is C23H35N5O4. The Balaban J connectivity index is 1.19. The lowest BCUT2D eigenvalue weighted by Crippen LogP contribution is -2.41. The number of likely N-dealkylation sites (tertiary alicyclic amines) is 1. The molecule has 3 aliphatic rings. The summed E-state index contributed by atoms with van der Waals surface area (Å²) in [7, 11) is 2.15. The van der Waals surface area contributed by atoms with Crippen LogP contribution in [0.3, 0.4) is 0 Å². The molecule has 176 valence electrons. The number of piperidine rings is 1. The molecule has 0 radical (unpaired) electrons. The fraction of sp³-hybridized carbons (Fsp3) is 0.652. The molecule has 3 heterocycles. The molecule has 0 saturated carbocycles. The Morgan fingerprint density at radius 1 is 1.19 bits per heavy atom. The van der Waals surface area contributed by atoms with Gasteiger partial charge in [0.15, 0.2) is 0 Å². The average molecular weight is 446 g/mol. The van der Waals surface area contributed by atoms with Gasteiger partial charge in [-0.3, -0.25) is 9.85 Å². The first-order valence-corrected chi connectivity index (χ1v) is 11.6. The number of nitrogens with one attached hydrogen (secondary N) is 1. The van der Waals surface area contributed by atoms with Gasteiger partial charge in [-0.1, -0.05) is 24.3 Å². The summed E-state index contributed by atoms with van der Waals surface area (Å²) in [4.78, 5) is 21.2. The summed E-state index contributed by atoms with van der Waals surface area (Å²) < 4.78 is 5.42. The maximum atomic E-state index is 10.6. The van der Waals surface area contributed by atoms with Crippen molar-refractivity contribution in [3.05, 3.63) is 35.4 Å². The predicted octanol–water partition coefficient (Wildman–Crippen LogP) is 1.17. The van der Waals surface area contributed by atoms with E-state index in [1.54, 1.807) is 0 Å². The minimum Gasteiger partial charge on any atom is -0.480 e. The molecule has 0 aliphatic carbocycles. The third kappa shape index (κ3) is 6.73. The summed E-state index contributed by atoms with van der Waals surface area (Å²) in [6.45, 7) is 6.56. The van der Waals surface area contributed by atoms with Crippen LogP contribution in [-0.4, -0.2) is 104 Å². The van der Waals surface area contributed by atoms with Gasteiger partial charge < -0.3 is 19.6 Å². The van der Waals surface area contributed by atoms with Crippen molar-refractivity contribution in [1.29, 1.82) is 0 Å². The van der Waals surface area contributed by atoms with E-state index >= 15 is 0 Å². The van der Waals surface area contributed by atoms with Gasteiger partial charge in [-0.15, -0.1) is 0 Å². The average Bonchev–Trinajstić information content (AvgIpc) is 3.27. The highest BCUT2D eigenvalue weighted by Gasteiger charge is 2.30. The van der Waals surface area contributed by atoms with E-state index in [0.717, 1.165) is 70.6 Å². The second-order valence-electron chi connectivity index (χ2n) is 9.02. The molecule has 0 spiro atoms. The van der Waals surface area contributed by atoms with E-state index < -0.39 is 5.97 Å². The van der Waals surface area contributed by atoms with Crippen LogP contribution in [0.5, 0.6) is 0 Å². The Morgan fingerprint density at radius 2 is 1.91 bits per heavy atom. The van der Waals surface area contributed by atoms with Crippen molar-refractivity contribution >= 4 is 12.2 Å². The molecule has 0 bridgehead atoms. The fourth-order valence-electron chi connectivity index (χ4n) is 4.46. The molecule has 2 N–H and O–H groups in total. The molecule has 32 heavy (non-hydrogen) atoms. The number of hydrazone groups is 1. The van der Waals surface area contributed by atoms with Gasteiger partial charge in [0.1, 0.15) is 6.61 Å². The first-order valence-electron chi connectivity index (χ1n) is 11.6. The molecule has 0 aromatic heterocycles. The van der Waals surface area contributed by atoms with Crippen molar-refractivity contribution in [3.8, 4) is 0 Å². The van der Waals surface area contributed by atoms with Crippen molar-refractivity contribution in [1.82, 2.24) is 20.3 Å². The number of benzene rings is 1. The maximum absolute atomic E-state index is 10.6. The highest BCUT2D eigenvalue weighted by molar-refractivity contribution is 5.79. The summed E-state index contributed by atoms with van der Waals surface area (Å²) in [6, 6.07) is 8.73. The zero-order chi connectivity index (χ0) is 22.3. The summed E-state index contributed by atoms with van der Waals surface area (Å²) in [5.74, 6) is -0.903. The highest BCUT2D eigenvalue weighted by Crippen LogP contribution is 2.27. The minimum atomic E-state index is -0.903. The lowest BCUT2D eigenvalue weighted by Gasteiger charge is -2.32. The largest absolute Gasteiger partial charge is 0.480 e. The second kappa shape index (κ2) is 11.2. The molecule has 1 aromatic rings. The van der Waals surface area contributed by atoms with Crippen LogP contribution in [0.25, 0.3) is 0 Å². The number of carboxylic acid groups (broad SMARTS) is 1. The zero-order valence-electron chi connectivity index (χ0n) is 18.9. The number of hydroxylamine groups is 1. The van der Waals surface area contributed by atoms with Gasteiger partial charge >= 0.3 is 5.97 Å². The molecule has 3 aliphatic heterocycles. The zero-order valence-corrected chi connectivity index (χ0v) is 18.9. The van der Waals surface area contributed by atoms with E-state index in [1.807, 2.05) is 6.21 Å². The molecule has 9 nitrogen and oxygen atoms in total. The molecular weight excluding hydrogens is 410 g/mol. The number of likely N-dealkylation sites (N-methyl/N-ethyl adjacent to an activating group) is 1. The summed E-state index contributed by atoms with van der Waals surface area (Å²) in [6.07, 6.45) is 4.82. The van der Waals surface area contributed by atoms with Gasteiger partial charge in [-0.05, 0) is 37.4 Å². The standard InChI is InChI=1S/C23H35N5O4/c1-26-10-12-28(13-11-26)24-15-18-2-4-19(5-3-18)22-14-21(32-25-22)16-27-8-6-20(7-9-27)31-17-23(29)30/h2-5,15,20-22,25H,6-14,16-17H2,1H3,(H,29,30). The van der Waals surface area contributed by atoms with Crippen LogP contribution < -0.4 is 5.48 Å². The lowest BCUT2D eigenvalue weighted by molar-refractivity contribution is -0.145. The van der Waals surface area contributed by atoms with Crippen LogP contribution in [0.15, 0.2) is 29.4 Å². The van der Waals surface area contributed by atoms with Crippen molar-refractivity contribution in [3.63, 3.8) is 0 Å². The van der Waals surface area contributed by atoms with E-state index in [0.29, 0.717) is 0 Å². The SMILES string of the molecule is CN1CCN(N=Cc2ccc(C3CC(CN4CCC(OCC(=O)O)CC4)ON3)cc2)CC1. The third-order valence-electron chi connectivity index (χ3n) is 6.50. The van der Waals surface area contributed by atoms with E-state index in [4.69, 9.17) is 14.7 Å². The Hall–Kier alpha value is -2.04. The summed E-state index contributed by atoms with van der Waals surface area (Å²) in [5.41, 5.74) is 5.53. The molecule has 1 aromatic carbocycles. The third-order valence-corrected chi connectivity index (χ3v) is 6.50. The Bertz CT molecular complexity index is 758. The van der Waals surface area contributed by atoms with E-state index in [1.165, 1.54) is 5.56 Å². The molecule has 3 fully saturated rings.